The summed E-state index contributed by atoms with van der Waals surface area (Å²) in [7, 11) is 0. The zero-order valence-electron chi connectivity index (χ0n) is 10.9. The second-order valence-corrected chi connectivity index (χ2v) is 5.94. The molecule has 3 heteroatoms. The van der Waals surface area contributed by atoms with Crippen molar-refractivity contribution in [1.29, 1.82) is 0 Å². The van der Waals surface area contributed by atoms with Crippen molar-refractivity contribution >= 4 is 22.6 Å². The third-order valence-electron chi connectivity index (χ3n) is 2.52. The van der Waals surface area contributed by atoms with Crippen molar-refractivity contribution in [2.24, 2.45) is 5.92 Å². The standard InChI is InChI=1S/C14H22INO/c1-11(2)10-17-9-8-16-12(3)13-4-6-14(15)7-5-13/h4-7,11-12,16H,8-10H2,1-3H3. The molecule has 17 heavy (non-hydrogen) atoms. The third kappa shape index (κ3) is 6.38. The maximum atomic E-state index is 5.54. The van der Waals surface area contributed by atoms with E-state index in [-0.39, 0.29) is 0 Å². The molecule has 0 saturated heterocycles. The second kappa shape index (κ2) is 8.06. The molecule has 96 valence electrons. The van der Waals surface area contributed by atoms with Crippen molar-refractivity contribution in [1.82, 2.24) is 5.32 Å². The lowest BCUT2D eigenvalue weighted by molar-refractivity contribution is 0.110. The first-order valence-corrected chi connectivity index (χ1v) is 7.24. The Kier molecular flexibility index (Phi) is 7.08. The molecule has 0 heterocycles. The van der Waals surface area contributed by atoms with E-state index in [1.807, 2.05) is 0 Å². The summed E-state index contributed by atoms with van der Waals surface area (Å²) in [5.74, 6) is 0.614. The van der Waals surface area contributed by atoms with Gasteiger partial charge in [-0.05, 0) is 53.1 Å². The van der Waals surface area contributed by atoms with E-state index in [2.05, 4.69) is 72.9 Å². The van der Waals surface area contributed by atoms with Crippen molar-refractivity contribution in [2.45, 2.75) is 26.8 Å². The molecule has 0 fully saturated rings. The fourth-order valence-corrected chi connectivity index (χ4v) is 1.90. The van der Waals surface area contributed by atoms with E-state index in [4.69, 9.17) is 4.74 Å². The van der Waals surface area contributed by atoms with Crippen LogP contribution in [0.25, 0.3) is 0 Å². The maximum absolute atomic E-state index is 5.54. The molecule has 1 N–H and O–H groups in total. The number of nitrogens with one attached hydrogen (secondary N) is 1. The molecule has 1 rings (SSSR count). The summed E-state index contributed by atoms with van der Waals surface area (Å²) in [6, 6.07) is 9.02. The van der Waals surface area contributed by atoms with Crippen molar-refractivity contribution in [3.8, 4) is 0 Å². The minimum Gasteiger partial charge on any atom is -0.380 e. The smallest absolute Gasteiger partial charge is 0.0591 e. The van der Waals surface area contributed by atoms with Gasteiger partial charge in [-0.3, -0.25) is 0 Å². The number of benzene rings is 1. The van der Waals surface area contributed by atoms with Gasteiger partial charge in [0, 0.05) is 22.8 Å². The molecule has 0 amide bonds. The fraction of sp³-hybridized carbons (Fsp3) is 0.571. The van der Waals surface area contributed by atoms with Crippen LogP contribution in [0.3, 0.4) is 0 Å². The Labute approximate surface area is 118 Å². The van der Waals surface area contributed by atoms with Gasteiger partial charge in [-0.1, -0.05) is 26.0 Å². The van der Waals surface area contributed by atoms with Gasteiger partial charge in [-0.2, -0.15) is 0 Å². The predicted octanol–water partition coefficient (Wildman–Crippen LogP) is 3.61. The largest absolute Gasteiger partial charge is 0.380 e. The summed E-state index contributed by atoms with van der Waals surface area (Å²) < 4.78 is 6.81. The van der Waals surface area contributed by atoms with Crippen LogP contribution in [-0.4, -0.2) is 19.8 Å². The summed E-state index contributed by atoms with van der Waals surface area (Å²) in [4.78, 5) is 0. The van der Waals surface area contributed by atoms with E-state index in [0.29, 0.717) is 12.0 Å². The SMILES string of the molecule is CC(C)COCCNC(C)c1ccc(I)cc1. The fourth-order valence-electron chi connectivity index (χ4n) is 1.54. The molecule has 1 unspecified atom stereocenters. The van der Waals surface area contributed by atoms with Gasteiger partial charge in [-0.15, -0.1) is 0 Å². The molecular formula is C14H22INO. The van der Waals surface area contributed by atoms with Crippen LogP contribution in [0.15, 0.2) is 24.3 Å². The van der Waals surface area contributed by atoms with Gasteiger partial charge < -0.3 is 10.1 Å². The molecular weight excluding hydrogens is 325 g/mol. The summed E-state index contributed by atoms with van der Waals surface area (Å²) in [5, 5.41) is 3.46. The molecule has 0 radical (unpaired) electrons. The van der Waals surface area contributed by atoms with E-state index in [9.17, 15) is 0 Å². The van der Waals surface area contributed by atoms with Crippen LogP contribution in [0.4, 0.5) is 0 Å². The van der Waals surface area contributed by atoms with Gasteiger partial charge in [0.05, 0.1) is 6.61 Å². The van der Waals surface area contributed by atoms with Gasteiger partial charge >= 0.3 is 0 Å². The normalized spacial score (nSPS) is 13.0. The zero-order valence-corrected chi connectivity index (χ0v) is 13.0. The molecule has 2 nitrogen and oxygen atoms in total. The molecule has 0 bridgehead atoms. The Balaban J connectivity index is 2.21. The van der Waals surface area contributed by atoms with E-state index in [1.54, 1.807) is 0 Å². The topological polar surface area (TPSA) is 21.3 Å². The van der Waals surface area contributed by atoms with Crippen LogP contribution in [0.2, 0.25) is 0 Å². The first-order valence-electron chi connectivity index (χ1n) is 6.16. The van der Waals surface area contributed by atoms with Gasteiger partial charge in [-0.25, -0.2) is 0 Å². The first kappa shape index (κ1) is 14.9. The van der Waals surface area contributed by atoms with Crippen molar-refractivity contribution in [2.75, 3.05) is 19.8 Å². The van der Waals surface area contributed by atoms with Gasteiger partial charge in [0.15, 0.2) is 0 Å². The van der Waals surface area contributed by atoms with Gasteiger partial charge in [0.25, 0.3) is 0 Å². The van der Waals surface area contributed by atoms with Crippen LogP contribution in [-0.2, 0) is 4.74 Å². The molecule has 0 aromatic heterocycles. The Bertz CT molecular complexity index is 311. The van der Waals surface area contributed by atoms with E-state index in [1.165, 1.54) is 9.13 Å². The maximum Gasteiger partial charge on any atom is 0.0591 e. The van der Waals surface area contributed by atoms with Crippen LogP contribution < -0.4 is 5.32 Å². The average molecular weight is 347 g/mol. The number of ether oxygens (including phenoxy) is 1. The lowest BCUT2D eigenvalue weighted by Gasteiger charge is -2.14. The highest BCUT2D eigenvalue weighted by molar-refractivity contribution is 14.1. The van der Waals surface area contributed by atoms with Crippen molar-refractivity contribution in [3.05, 3.63) is 33.4 Å². The van der Waals surface area contributed by atoms with Gasteiger partial charge in [0.2, 0.25) is 0 Å². The highest BCUT2D eigenvalue weighted by Crippen LogP contribution is 2.13. The number of hydrogen-bond acceptors (Lipinski definition) is 2. The molecule has 0 aliphatic carbocycles. The lowest BCUT2D eigenvalue weighted by atomic mass is 10.1. The summed E-state index contributed by atoms with van der Waals surface area (Å²) in [6.45, 7) is 9.06. The Morgan fingerprint density at radius 1 is 1.18 bits per heavy atom. The van der Waals surface area contributed by atoms with Crippen molar-refractivity contribution in [3.63, 3.8) is 0 Å². The number of hydrogen-bond donors (Lipinski definition) is 1. The van der Waals surface area contributed by atoms with Crippen LogP contribution in [0.1, 0.15) is 32.4 Å². The summed E-state index contributed by atoms with van der Waals surface area (Å²) >= 11 is 2.33. The molecule has 1 atom stereocenters. The second-order valence-electron chi connectivity index (χ2n) is 4.70. The van der Waals surface area contributed by atoms with Crippen LogP contribution >= 0.6 is 22.6 Å². The monoisotopic (exact) mass is 347 g/mol. The van der Waals surface area contributed by atoms with E-state index < -0.39 is 0 Å². The number of rotatable bonds is 7. The quantitative estimate of drug-likeness (QED) is 0.601. The minimum absolute atomic E-state index is 0.384. The Morgan fingerprint density at radius 2 is 1.82 bits per heavy atom. The summed E-state index contributed by atoms with van der Waals surface area (Å²) in [5.41, 5.74) is 1.33. The Morgan fingerprint density at radius 3 is 2.41 bits per heavy atom. The first-order chi connectivity index (χ1) is 8.09. The number of halogens is 1. The highest BCUT2D eigenvalue weighted by atomic mass is 127. The van der Waals surface area contributed by atoms with Crippen LogP contribution in [0.5, 0.6) is 0 Å². The molecule has 0 aliphatic rings. The average Bonchev–Trinajstić information content (AvgIpc) is 2.29. The van der Waals surface area contributed by atoms with E-state index in [0.717, 1.165) is 19.8 Å². The lowest BCUT2D eigenvalue weighted by Crippen LogP contribution is -2.23. The van der Waals surface area contributed by atoms with E-state index >= 15 is 0 Å². The van der Waals surface area contributed by atoms with Crippen molar-refractivity contribution < 1.29 is 4.74 Å². The Hall–Kier alpha value is -0.130. The third-order valence-corrected chi connectivity index (χ3v) is 3.24. The molecule has 0 aliphatic heterocycles. The summed E-state index contributed by atoms with van der Waals surface area (Å²) in [6.07, 6.45) is 0. The zero-order chi connectivity index (χ0) is 12.7. The minimum atomic E-state index is 0.384. The molecule has 1 aromatic rings. The molecule has 0 spiro atoms. The predicted molar refractivity (Wildman–Crippen MR) is 81.2 cm³/mol. The molecule has 1 aromatic carbocycles. The molecule has 0 saturated carbocycles. The van der Waals surface area contributed by atoms with Crippen LogP contribution in [0, 0.1) is 9.49 Å². The highest BCUT2D eigenvalue weighted by Gasteiger charge is 2.03. The van der Waals surface area contributed by atoms with Gasteiger partial charge in [0.1, 0.15) is 0 Å².